The lowest BCUT2D eigenvalue weighted by Crippen LogP contribution is -2.51. The average Bonchev–Trinajstić information content (AvgIpc) is 3.47. The molecule has 8 nitrogen and oxygen atoms in total. The van der Waals surface area contributed by atoms with Crippen LogP contribution in [-0.4, -0.2) is 53.9 Å². The molecule has 1 saturated heterocycles. The molecule has 4 rings (SSSR count). The van der Waals surface area contributed by atoms with E-state index < -0.39 is 6.04 Å². The minimum absolute atomic E-state index is 0.0853. The fourth-order valence-corrected chi connectivity index (χ4v) is 4.47. The maximum absolute atomic E-state index is 13.3. The van der Waals surface area contributed by atoms with E-state index in [0.717, 1.165) is 36.5 Å². The third-order valence-electron chi connectivity index (χ3n) is 6.52. The van der Waals surface area contributed by atoms with Crippen LogP contribution in [0.5, 0.6) is 11.5 Å². The van der Waals surface area contributed by atoms with Gasteiger partial charge in [-0.1, -0.05) is 30.3 Å². The van der Waals surface area contributed by atoms with Gasteiger partial charge in [0.1, 0.15) is 23.4 Å². The molecule has 0 bridgehead atoms. The molecule has 1 aliphatic rings. The number of guanidine groups is 1. The van der Waals surface area contributed by atoms with Crippen molar-refractivity contribution in [2.45, 2.75) is 31.7 Å². The maximum Gasteiger partial charge on any atom is 0.244 e. The first-order chi connectivity index (χ1) is 19.0. The summed E-state index contributed by atoms with van der Waals surface area (Å²) in [5.74, 6) is 0.330. The van der Waals surface area contributed by atoms with Gasteiger partial charge in [0, 0.05) is 13.0 Å². The van der Waals surface area contributed by atoms with Crippen molar-refractivity contribution in [3.8, 4) is 17.7 Å². The minimum atomic E-state index is -0.853. The summed E-state index contributed by atoms with van der Waals surface area (Å²) in [5, 5.41) is 13.0. The van der Waals surface area contributed by atoms with Crippen molar-refractivity contribution in [3.05, 3.63) is 90.2 Å². The first-order valence-electron chi connectivity index (χ1n) is 13.1. The fraction of sp³-hybridized carbons (Fsp3) is 0.300. The van der Waals surface area contributed by atoms with Crippen LogP contribution in [0.15, 0.2) is 83.9 Å². The third kappa shape index (κ3) is 8.28. The van der Waals surface area contributed by atoms with E-state index >= 15 is 0 Å². The highest BCUT2D eigenvalue weighted by Crippen LogP contribution is 2.24. The minimum Gasteiger partial charge on any atom is -0.457 e. The Labute approximate surface area is 228 Å². The molecule has 1 atom stereocenters. The summed E-state index contributed by atoms with van der Waals surface area (Å²) in [5.41, 5.74) is 7.66. The quantitative estimate of drug-likeness (QED) is 0.124. The van der Waals surface area contributed by atoms with E-state index in [1.165, 1.54) is 37.1 Å². The van der Waals surface area contributed by atoms with Crippen molar-refractivity contribution >= 4 is 17.6 Å². The van der Waals surface area contributed by atoms with E-state index in [4.69, 9.17) is 10.5 Å². The summed E-state index contributed by atoms with van der Waals surface area (Å²) in [7, 11) is 0. The number of nitrogens with one attached hydrogen (secondary N) is 1. The van der Waals surface area contributed by atoms with E-state index in [9.17, 15) is 14.4 Å². The van der Waals surface area contributed by atoms with E-state index in [1.807, 2.05) is 30.3 Å². The topological polar surface area (TPSA) is 107 Å². The van der Waals surface area contributed by atoms with Gasteiger partial charge in [-0.25, -0.2) is 14.3 Å². The normalized spacial score (nSPS) is 14.4. The highest BCUT2D eigenvalue weighted by molar-refractivity contribution is 5.90. The van der Waals surface area contributed by atoms with Gasteiger partial charge >= 0.3 is 0 Å². The lowest BCUT2D eigenvalue weighted by atomic mass is 10.0. The van der Waals surface area contributed by atoms with Gasteiger partial charge in [0.2, 0.25) is 11.9 Å². The number of benzene rings is 3. The number of nitriles is 1. The van der Waals surface area contributed by atoms with Gasteiger partial charge in [-0.05, 0) is 93.0 Å². The molecule has 0 spiro atoms. The molecule has 3 aromatic carbocycles. The number of nitrogens with two attached hydrogens (primary N) is 1. The number of hydrogen-bond donors (Lipinski definition) is 2. The number of likely N-dealkylation sites (tertiary alicyclic amines) is 1. The smallest absolute Gasteiger partial charge is 0.244 e. The molecule has 1 aliphatic heterocycles. The van der Waals surface area contributed by atoms with Crippen molar-refractivity contribution in [2.75, 3.05) is 26.2 Å². The van der Waals surface area contributed by atoms with E-state index in [1.54, 1.807) is 24.3 Å². The predicted octanol–water partition coefficient (Wildman–Crippen LogP) is 4.56. The molecule has 1 heterocycles. The second-order valence-electron chi connectivity index (χ2n) is 9.39. The average molecular weight is 529 g/mol. The number of ether oxygens (including phenoxy) is 1. The maximum atomic E-state index is 13.3. The number of rotatable bonds is 11. The van der Waals surface area contributed by atoms with Crippen molar-refractivity contribution < 1.29 is 13.9 Å². The number of nitrogens with zero attached hydrogens (tertiary/aromatic N) is 4. The zero-order valence-corrected chi connectivity index (χ0v) is 21.8. The summed E-state index contributed by atoms with van der Waals surface area (Å²) in [4.78, 5) is 21.2. The Morgan fingerprint density at radius 2 is 1.69 bits per heavy atom. The molecular weight excluding hydrogens is 495 g/mol. The van der Waals surface area contributed by atoms with Crippen LogP contribution >= 0.6 is 0 Å². The van der Waals surface area contributed by atoms with Crippen LogP contribution in [0.2, 0.25) is 0 Å². The summed E-state index contributed by atoms with van der Waals surface area (Å²) in [6.45, 7) is 3.68. The van der Waals surface area contributed by atoms with Gasteiger partial charge in [-0.15, -0.1) is 0 Å². The molecule has 9 heteroatoms. The molecular formula is C30H33FN6O2. The molecule has 39 heavy (non-hydrogen) atoms. The largest absolute Gasteiger partial charge is 0.457 e. The summed E-state index contributed by atoms with van der Waals surface area (Å²) < 4.78 is 18.8. The van der Waals surface area contributed by atoms with Crippen molar-refractivity contribution in [1.29, 1.82) is 5.26 Å². The molecule has 1 amide bonds. The van der Waals surface area contributed by atoms with Crippen LogP contribution in [0.1, 0.15) is 24.8 Å². The monoisotopic (exact) mass is 528 g/mol. The molecule has 3 N–H and O–H groups in total. The van der Waals surface area contributed by atoms with Gasteiger partial charge in [0.25, 0.3) is 0 Å². The Hall–Kier alpha value is -4.42. The lowest BCUT2D eigenvalue weighted by Gasteiger charge is -2.25. The van der Waals surface area contributed by atoms with Crippen LogP contribution in [-0.2, 0) is 11.2 Å². The number of carbonyl (C=O) groups excluding carboxylic acids is 1. The molecule has 1 unspecified atom stereocenters. The van der Waals surface area contributed by atoms with Crippen LogP contribution < -0.4 is 15.8 Å². The molecule has 0 aromatic heterocycles. The number of carbonyl (C=O) groups is 1. The predicted molar refractivity (Wildman–Crippen MR) is 149 cm³/mol. The van der Waals surface area contributed by atoms with Crippen molar-refractivity contribution in [1.82, 2.24) is 15.1 Å². The molecule has 0 aliphatic carbocycles. The van der Waals surface area contributed by atoms with Gasteiger partial charge in [0.15, 0.2) is 6.19 Å². The zero-order chi connectivity index (χ0) is 27.5. The molecule has 202 valence electrons. The van der Waals surface area contributed by atoms with Crippen LogP contribution in [0, 0.1) is 17.3 Å². The third-order valence-corrected chi connectivity index (χ3v) is 6.52. The van der Waals surface area contributed by atoms with Crippen LogP contribution in [0.4, 0.5) is 10.1 Å². The van der Waals surface area contributed by atoms with Gasteiger partial charge in [-0.3, -0.25) is 4.79 Å². The number of amides is 1. The number of aliphatic imine (C=N–C) groups is 1. The van der Waals surface area contributed by atoms with Gasteiger partial charge in [-0.2, -0.15) is 5.26 Å². The molecule has 0 saturated carbocycles. The van der Waals surface area contributed by atoms with E-state index in [0.29, 0.717) is 30.2 Å². The Kier molecular flexibility index (Phi) is 9.86. The summed E-state index contributed by atoms with van der Waals surface area (Å²) in [6.07, 6.45) is 5.65. The van der Waals surface area contributed by atoms with Crippen molar-refractivity contribution in [3.63, 3.8) is 0 Å². The fourth-order valence-electron chi connectivity index (χ4n) is 4.47. The molecule has 0 radical (unpaired) electrons. The van der Waals surface area contributed by atoms with E-state index in [-0.39, 0.29) is 17.7 Å². The number of hydrogen-bond acceptors (Lipinski definition) is 5. The second kappa shape index (κ2) is 13.9. The zero-order valence-electron chi connectivity index (χ0n) is 21.8. The first kappa shape index (κ1) is 27.6. The van der Waals surface area contributed by atoms with Crippen molar-refractivity contribution in [2.24, 2.45) is 10.7 Å². The molecule has 1 fully saturated rings. The Bertz CT molecular complexity index is 1270. The standard InChI is InChI=1S/C30H33FN6O2/c31-24-9-13-26(14-10-24)39-27-15-11-25(12-16-27)35-30(33)37(22-32)28(21-23-7-2-1-3-8-23)29(38)34-17-6-20-36-18-4-5-19-36/h1-3,7-16,28H,4-6,17-21H2,(H2,33,35)(H,34,38). The Morgan fingerprint density at radius 1 is 1.05 bits per heavy atom. The van der Waals surface area contributed by atoms with E-state index in [2.05, 4.69) is 21.4 Å². The number of halogens is 1. The second-order valence-corrected chi connectivity index (χ2v) is 9.39. The van der Waals surface area contributed by atoms with Crippen LogP contribution in [0.25, 0.3) is 0 Å². The van der Waals surface area contributed by atoms with Gasteiger partial charge in [0.05, 0.1) is 5.69 Å². The summed E-state index contributed by atoms with van der Waals surface area (Å²) in [6, 6.07) is 21.1. The Balaban J connectivity index is 1.44. The van der Waals surface area contributed by atoms with Gasteiger partial charge < -0.3 is 20.7 Å². The summed E-state index contributed by atoms with van der Waals surface area (Å²) >= 11 is 0. The Morgan fingerprint density at radius 3 is 2.33 bits per heavy atom. The highest BCUT2D eigenvalue weighted by Gasteiger charge is 2.28. The lowest BCUT2D eigenvalue weighted by molar-refractivity contribution is -0.124. The molecule has 3 aromatic rings. The highest BCUT2D eigenvalue weighted by atomic mass is 19.1. The SMILES string of the molecule is N#CN(C(N)=Nc1ccc(Oc2ccc(F)cc2)cc1)C(Cc1ccccc1)C(=O)NCCCN1CCCC1. The van der Waals surface area contributed by atoms with Crippen LogP contribution in [0.3, 0.4) is 0 Å². The first-order valence-corrected chi connectivity index (χ1v) is 13.1.